The van der Waals surface area contributed by atoms with E-state index in [0.29, 0.717) is 6.54 Å². The number of hydrogen-bond acceptors (Lipinski definition) is 4. The van der Waals surface area contributed by atoms with Crippen LogP contribution in [0.3, 0.4) is 0 Å². The first-order valence-electron chi connectivity index (χ1n) is 4.31. The van der Waals surface area contributed by atoms with Crippen molar-refractivity contribution in [3.63, 3.8) is 0 Å². The number of halogens is 1. The fourth-order valence-corrected chi connectivity index (χ4v) is 1.95. The van der Waals surface area contributed by atoms with Crippen LogP contribution in [0.15, 0.2) is 0 Å². The molecule has 0 radical (unpaired) electrons. The summed E-state index contributed by atoms with van der Waals surface area (Å²) in [6.07, 6.45) is 0.774. The number of nitrogens with zero attached hydrogens (tertiary/aromatic N) is 1. The van der Waals surface area contributed by atoms with Gasteiger partial charge in [-0.2, -0.15) is 0 Å². The molecule has 0 aromatic heterocycles. The van der Waals surface area contributed by atoms with Crippen molar-refractivity contribution in [2.45, 2.75) is 17.3 Å². The first-order chi connectivity index (χ1) is 6.56. The molecule has 1 fully saturated rings. The standard InChI is InChI=1S/C8H13BrN2O3/c1-14-8(13)5(9)4-11-3-2-6(11)7(10)12/h5-6H,2-4H2,1H3,(H2,10,12). The molecule has 14 heavy (non-hydrogen) atoms. The van der Waals surface area contributed by atoms with Crippen LogP contribution in [0.4, 0.5) is 0 Å². The Morgan fingerprint density at radius 3 is 2.71 bits per heavy atom. The van der Waals surface area contributed by atoms with Gasteiger partial charge in [0.2, 0.25) is 5.91 Å². The van der Waals surface area contributed by atoms with E-state index in [4.69, 9.17) is 5.73 Å². The molecule has 1 amide bonds. The van der Waals surface area contributed by atoms with E-state index in [0.717, 1.165) is 13.0 Å². The van der Waals surface area contributed by atoms with Crippen molar-refractivity contribution >= 4 is 27.8 Å². The lowest BCUT2D eigenvalue weighted by Gasteiger charge is -2.39. The number of nitrogens with two attached hydrogens (primary N) is 1. The van der Waals surface area contributed by atoms with Gasteiger partial charge < -0.3 is 10.5 Å². The minimum Gasteiger partial charge on any atom is -0.468 e. The number of carbonyl (C=O) groups excluding carboxylic acids is 2. The Labute approximate surface area is 90.7 Å². The SMILES string of the molecule is COC(=O)C(Br)CN1CCC1C(N)=O. The third-order valence-corrected chi connectivity index (χ3v) is 2.97. The lowest BCUT2D eigenvalue weighted by Crippen LogP contribution is -2.56. The molecule has 1 aliphatic heterocycles. The molecule has 2 N–H and O–H groups in total. The average Bonchev–Trinajstić information content (AvgIpc) is 2.09. The summed E-state index contributed by atoms with van der Waals surface area (Å²) in [5, 5.41) is 0. The lowest BCUT2D eigenvalue weighted by atomic mass is 10.0. The van der Waals surface area contributed by atoms with Crippen molar-refractivity contribution < 1.29 is 14.3 Å². The molecule has 1 heterocycles. The number of amides is 1. The molecule has 1 saturated heterocycles. The van der Waals surface area contributed by atoms with E-state index < -0.39 is 4.83 Å². The van der Waals surface area contributed by atoms with Crippen molar-refractivity contribution in [3.8, 4) is 0 Å². The number of rotatable bonds is 4. The number of alkyl halides is 1. The number of primary amides is 1. The monoisotopic (exact) mass is 264 g/mol. The Balaban J connectivity index is 2.38. The molecule has 2 atom stereocenters. The van der Waals surface area contributed by atoms with Crippen LogP contribution in [0.5, 0.6) is 0 Å². The van der Waals surface area contributed by atoms with Crippen LogP contribution in [-0.4, -0.2) is 47.8 Å². The molecule has 0 saturated carbocycles. The van der Waals surface area contributed by atoms with E-state index in [1.54, 1.807) is 0 Å². The molecule has 0 bridgehead atoms. The highest BCUT2D eigenvalue weighted by atomic mass is 79.9. The van der Waals surface area contributed by atoms with Crippen LogP contribution in [-0.2, 0) is 14.3 Å². The zero-order valence-corrected chi connectivity index (χ0v) is 9.49. The Bertz CT molecular complexity index is 247. The zero-order chi connectivity index (χ0) is 10.7. The summed E-state index contributed by atoms with van der Waals surface area (Å²) in [7, 11) is 1.33. The van der Waals surface area contributed by atoms with Crippen LogP contribution >= 0.6 is 15.9 Å². The Morgan fingerprint density at radius 1 is 1.71 bits per heavy atom. The molecular weight excluding hydrogens is 252 g/mol. The molecule has 0 aromatic rings. The minimum absolute atomic E-state index is 0.222. The van der Waals surface area contributed by atoms with Crippen molar-refractivity contribution in [2.24, 2.45) is 5.73 Å². The predicted molar refractivity (Wildman–Crippen MR) is 53.9 cm³/mol. The molecule has 1 aliphatic rings. The maximum atomic E-state index is 11.1. The highest BCUT2D eigenvalue weighted by Gasteiger charge is 2.34. The van der Waals surface area contributed by atoms with E-state index in [1.165, 1.54) is 7.11 Å². The van der Waals surface area contributed by atoms with E-state index >= 15 is 0 Å². The van der Waals surface area contributed by atoms with Gasteiger partial charge in [0.05, 0.1) is 13.2 Å². The summed E-state index contributed by atoms with van der Waals surface area (Å²) in [6, 6.07) is -0.222. The van der Waals surface area contributed by atoms with E-state index in [2.05, 4.69) is 20.7 Å². The third kappa shape index (κ3) is 2.45. The number of esters is 1. The smallest absolute Gasteiger partial charge is 0.320 e. The molecule has 2 unspecified atom stereocenters. The molecule has 0 spiro atoms. The van der Waals surface area contributed by atoms with Gasteiger partial charge in [-0.1, -0.05) is 15.9 Å². The summed E-state index contributed by atoms with van der Waals surface area (Å²) in [5.41, 5.74) is 5.16. The first-order valence-corrected chi connectivity index (χ1v) is 5.23. The number of ether oxygens (including phenoxy) is 1. The Kier molecular flexibility index (Phi) is 3.88. The van der Waals surface area contributed by atoms with Gasteiger partial charge in [0.1, 0.15) is 4.83 Å². The maximum Gasteiger partial charge on any atom is 0.320 e. The quantitative estimate of drug-likeness (QED) is 0.548. The predicted octanol–water partition coefficient (Wildman–Crippen LogP) is -0.518. The van der Waals surface area contributed by atoms with E-state index in [9.17, 15) is 9.59 Å². The summed E-state index contributed by atoms with van der Waals surface area (Å²) in [4.78, 5) is 23.4. The topological polar surface area (TPSA) is 72.6 Å². The van der Waals surface area contributed by atoms with Gasteiger partial charge in [0.15, 0.2) is 0 Å². The van der Waals surface area contributed by atoms with Crippen molar-refractivity contribution in [1.82, 2.24) is 4.90 Å². The second-order valence-corrected chi connectivity index (χ2v) is 4.30. The maximum absolute atomic E-state index is 11.1. The van der Waals surface area contributed by atoms with Crippen LogP contribution in [0.2, 0.25) is 0 Å². The summed E-state index contributed by atoms with van der Waals surface area (Å²) in [5.74, 6) is -0.666. The number of carbonyl (C=O) groups is 2. The van der Waals surface area contributed by atoms with Crippen LogP contribution in [0, 0.1) is 0 Å². The summed E-state index contributed by atoms with van der Waals surface area (Å²) >= 11 is 3.19. The highest BCUT2D eigenvalue weighted by Crippen LogP contribution is 2.19. The number of methoxy groups -OCH3 is 1. The second kappa shape index (κ2) is 4.75. The number of hydrogen-bond donors (Lipinski definition) is 1. The largest absolute Gasteiger partial charge is 0.468 e. The average molecular weight is 265 g/mol. The van der Waals surface area contributed by atoms with Gasteiger partial charge in [0, 0.05) is 13.1 Å². The molecule has 1 rings (SSSR count). The molecule has 5 nitrogen and oxygen atoms in total. The highest BCUT2D eigenvalue weighted by molar-refractivity contribution is 9.10. The Hall–Kier alpha value is -0.620. The zero-order valence-electron chi connectivity index (χ0n) is 7.90. The Morgan fingerprint density at radius 2 is 2.36 bits per heavy atom. The van der Waals surface area contributed by atoms with Gasteiger partial charge >= 0.3 is 5.97 Å². The van der Waals surface area contributed by atoms with Gasteiger partial charge in [-0.25, -0.2) is 0 Å². The summed E-state index contributed by atoms with van der Waals surface area (Å²) < 4.78 is 4.55. The molecule has 0 aliphatic carbocycles. The van der Waals surface area contributed by atoms with Gasteiger partial charge in [-0.15, -0.1) is 0 Å². The van der Waals surface area contributed by atoms with Crippen molar-refractivity contribution in [2.75, 3.05) is 20.2 Å². The lowest BCUT2D eigenvalue weighted by molar-refractivity contribution is -0.141. The minimum atomic E-state index is -0.394. The fourth-order valence-electron chi connectivity index (χ4n) is 1.39. The molecule has 6 heteroatoms. The normalized spacial score (nSPS) is 23.7. The van der Waals surface area contributed by atoms with Gasteiger partial charge in [-0.05, 0) is 6.42 Å². The molecular formula is C8H13BrN2O3. The van der Waals surface area contributed by atoms with Gasteiger partial charge in [0.25, 0.3) is 0 Å². The second-order valence-electron chi connectivity index (χ2n) is 3.19. The molecule has 0 aromatic carbocycles. The summed E-state index contributed by atoms with van der Waals surface area (Å²) in [6.45, 7) is 1.26. The van der Waals surface area contributed by atoms with E-state index in [1.807, 2.05) is 4.90 Å². The van der Waals surface area contributed by atoms with Crippen LogP contribution in [0.1, 0.15) is 6.42 Å². The van der Waals surface area contributed by atoms with Crippen molar-refractivity contribution in [3.05, 3.63) is 0 Å². The molecule has 80 valence electrons. The van der Waals surface area contributed by atoms with Crippen LogP contribution < -0.4 is 5.73 Å². The third-order valence-electron chi connectivity index (χ3n) is 2.31. The van der Waals surface area contributed by atoms with Crippen molar-refractivity contribution in [1.29, 1.82) is 0 Å². The van der Waals surface area contributed by atoms with Crippen LogP contribution in [0.25, 0.3) is 0 Å². The first kappa shape index (κ1) is 11.5. The fraction of sp³-hybridized carbons (Fsp3) is 0.750. The van der Waals surface area contributed by atoms with E-state index in [-0.39, 0.29) is 17.9 Å². The van der Waals surface area contributed by atoms with Gasteiger partial charge in [-0.3, -0.25) is 14.5 Å². The number of likely N-dealkylation sites (tertiary alicyclic amines) is 1.